The summed E-state index contributed by atoms with van der Waals surface area (Å²) in [6.45, 7) is 6.70. The largest absolute Gasteiger partial charge is 0.464 e. The van der Waals surface area contributed by atoms with Gasteiger partial charge in [0.15, 0.2) is 11.8 Å². The Bertz CT molecular complexity index is 594. The lowest BCUT2D eigenvalue weighted by molar-refractivity contribution is -0.144. The Morgan fingerprint density at radius 2 is 1.91 bits per heavy atom. The molecular formula is C16H20ClNO5. The van der Waals surface area contributed by atoms with E-state index in [-0.39, 0.29) is 12.2 Å². The Balaban J connectivity index is 2.98. The predicted molar refractivity (Wildman–Crippen MR) is 85.6 cm³/mol. The van der Waals surface area contributed by atoms with E-state index in [4.69, 9.17) is 21.1 Å². The van der Waals surface area contributed by atoms with Crippen LogP contribution in [0.4, 0.5) is 4.79 Å². The maximum Gasteiger partial charge on any atom is 0.408 e. The van der Waals surface area contributed by atoms with Crippen molar-refractivity contribution in [2.24, 2.45) is 0 Å². The molecule has 0 saturated carbocycles. The van der Waals surface area contributed by atoms with Crippen LogP contribution in [-0.2, 0) is 14.3 Å². The van der Waals surface area contributed by atoms with Gasteiger partial charge in [0.25, 0.3) is 0 Å². The first-order valence-electron chi connectivity index (χ1n) is 7.10. The van der Waals surface area contributed by atoms with Crippen LogP contribution in [0.1, 0.15) is 38.1 Å². The van der Waals surface area contributed by atoms with Gasteiger partial charge in [-0.25, -0.2) is 9.59 Å². The molecular weight excluding hydrogens is 322 g/mol. The van der Waals surface area contributed by atoms with Gasteiger partial charge in [0.1, 0.15) is 5.60 Å². The van der Waals surface area contributed by atoms with Crippen LogP contribution in [0.15, 0.2) is 24.3 Å². The van der Waals surface area contributed by atoms with Gasteiger partial charge < -0.3 is 14.8 Å². The lowest BCUT2D eigenvalue weighted by Gasteiger charge is -2.22. The van der Waals surface area contributed by atoms with E-state index in [1.807, 2.05) is 0 Å². The van der Waals surface area contributed by atoms with Crippen molar-refractivity contribution in [1.82, 2.24) is 5.32 Å². The molecule has 126 valence electrons. The number of hydrogen-bond donors (Lipinski definition) is 1. The summed E-state index contributed by atoms with van der Waals surface area (Å²) in [5.74, 6) is -1.49. The van der Waals surface area contributed by atoms with Crippen molar-refractivity contribution in [3.63, 3.8) is 0 Å². The molecule has 23 heavy (non-hydrogen) atoms. The molecule has 0 aliphatic carbocycles. The van der Waals surface area contributed by atoms with E-state index in [1.165, 1.54) is 12.1 Å². The normalized spacial score (nSPS) is 12.2. The van der Waals surface area contributed by atoms with E-state index in [2.05, 4.69) is 5.32 Å². The zero-order chi connectivity index (χ0) is 17.6. The van der Waals surface area contributed by atoms with Gasteiger partial charge in [-0.1, -0.05) is 23.7 Å². The molecule has 0 saturated heterocycles. The first-order chi connectivity index (χ1) is 10.6. The Morgan fingerprint density at radius 1 is 1.26 bits per heavy atom. The van der Waals surface area contributed by atoms with Crippen molar-refractivity contribution in [1.29, 1.82) is 0 Å². The number of carbonyl (C=O) groups excluding carboxylic acids is 3. The topological polar surface area (TPSA) is 81.7 Å². The number of alkyl carbamates (subject to hydrolysis) is 1. The third kappa shape index (κ3) is 6.28. The van der Waals surface area contributed by atoms with Gasteiger partial charge in [-0.2, -0.15) is 0 Å². The van der Waals surface area contributed by atoms with Gasteiger partial charge >= 0.3 is 12.1 Å². The Hall–Kier alpha value is -2.08. The van der Waals surface area contributed by atoms with Gasteiger partial charge in [0.05, 0.1) is 6.61 Å². The Labute approximate surface area is 140 Å². The van der Waals surface area contributed by atoms with Crippen molar-refractivity contribution in [2.75, 3.05) is 6.61 Å². The highest BCUT2D eigenvalue weighted by Gasteiger charge is 2.32. The van der Waals surface area contributed by atoms with Gasteiger partial charge in [-0.3, -0.25) is 4.79 Å². The fourth-order valence-corrected chi connectivity index (χ4v) is 1.88. The fourth-order valence-electron chi connectivity index (χ4n) is 1.69. The molecule has 0 radical (unpaired) electrons. The van der Waals surface area contributed by atoms with Gasteiger partial charge in [0.2, 0.25) is 0 Å². The van der Waals surface area contributed by atoms with Crippen LogP contribution in [0.25, 0.3) is 0 Å². The number of benzene rings is 1. The summed E-state index contributed by atoms with van der Waals surface area (Å²) in [6, 6.07) is 4.58. The van der Waals surface area contributed by atoms with Gasteiger partial charge in [-0.05, 0) is 39.8 Å². The van der Waals surface area contributed by atoms with E-state index in [0.717, 1.165) is 0 Å². The first kappa shape index (κ1) is 19.0. The lowest BCUT2D eigenvalue weighted by atomic mass is 10.0. The average molecular weight is 342 g/mol. The minimum absolute atomic E-state index is 0.0775. The zero-order valence-electron chi connectivity index (χ0n) is 13.5. The molecule has 0 spiro atoms. The standard InChI is InChI=1S/C16H20ClNO5/c1-5-22-14(20)12(18-15(21)23-16(2,3)4)13(19)10-7-6-8-11(17)9-10/h6-9,12H,5H2,1-4H3,(H,18,21). The molecule has 1 N–H and O–H groups in total. The maximum atomic E-state index is 12.5. The summed E-state index contributed by atoms with van der Waals surface area (Å²) in [5, 5.41) is 2.59. The summed E-state index contributed by atoms with van der Waals surface area (Å²) in [5.41, 5.74) is -0.575. The summed E-state index contributed by atoms with van der Waals surface area (Å²) in [4.78, 5) is 36.3. The number of amides is 1. The van der Waals surface area contributed by atoms with Gasteiger partial charge in [0, 0.05) is 10.6 Å². The molecule has 0 fully saturated rings. The molecule has 0 heterocycles. The molecule has 1 aromatic carbocycles. The Kier molecular flexibility index (Phi) is 6.57. The highest BCUT2D eigenvalue weighted by atomic mass is 35.5. The van der Waals surface area contributed by atoms with Crippen molar-refractivity contribution in [2.45, 2.75) is 39.3 Å². The second-order valence-electron chi connectivity index (χ2n) is 5.71. The Morgan fingerprint density at radius 3 is 2.43 bits per heavy atom. The van der Waals surface area contributed by atoms with E-state index >= 15 is 0 Å². The van der Waals surface area contributed by atoms with Crippen LogP contribution >= 0.6 is 11.6 Å². The average Bonchev–Trinajstić information content (AvgIpc) is 2.42. The molecule has 0 aliphatic heterocycles. The van der Waals surface area contributed by atoms with Crippen LogP contribution < -0.4 is 5.32 Å². The monoisotopic (exact) mass is 341 g/mol. The van der Waals surface area contributed by atoms with E-state index < -0.39 is 29.5 Å². The minimum atomic E-state index is -1.50. The van der Waals surface area contributed by atoms with Crippen molar-refractivity contribution < 1.29 is 23.9 Å². The number of nitrogens with one attached hydrogen (secondary N) is 1. The summed E-state index contributed by atoms with van der Waals surface area (Å²) in [7, 11) is 0. The summed E-state index contributed by atoms with van der Waals surface area (Å²) < 4.78 is 9.92. The quantitative estimate of drug-likeness (QED) is 0.506. The summed E-state index contributed by atoms with van der Waals surface area (Å²) in [6.07, 6.45) is -0.883. The number of ketones is 1. The highest BCUT2D eigenvalue weighted by molar-refractivity contribution is 6.31. The molecule has 6 nitrogen and oxygen atoms in total. The third-order valence-corrected chi connectivity index (χ3v) is 2.79. The number of Topliss-reactive ketones (excluding diaryl/α,β-unsaturated/α-hetero) is 1. The van der Waals surface area contributed by atoms with E-state index in [1.54, 1.807) is 39.8 Å². The molecule has 0 aromatic heterocycles. The number of rotatable bonds is 5. The van der Waals surface area contributed by atoms with Gasteiger partial charge in [-0.15, -0.1) is 0 Å². The second-order valence-corrected chi connectivity index (χ2v) is 6.14. The van der Waals surface area contributed by atoms with Crippen molar-refractivity contribution >= 4 is 29.4 Å². The van der Waals surface area contributed by atoms with E-state index in [0.29, 0.717) is 5.02 Å². The number of esters is 1. The smallest absolute Gasteiger partial charge is 0.408 e. The van der Waals surface area contributed by atoms with Crippen LogP contribution in [-0.4, -0.2) is 36.1 Å². The lowest BCUT2D eigenvalue weighted by Crippen LogP contribution is -2.49. The van der Waals surface area contributed by atoms with Crippen molar-refractivity contribution in [3.05, 3.63) is 34.9 Å². The molecule has 7 heteroatoms. The SMILES string of the molecule is CCOC(=O)C(NC(=O)OC(C)(C)C)C(=O)c1cccc(Cl)c1. The number of carbonyl (C=O) groups is 3. The van der Waals surface area contributed by atoms with Crippen LogP contribution in [0.3, 0.4) is 0 Å². The third-order valence-electron chi connectivity index (χ3n) is 2.55. The first-order valence-corrected chi connectivity index (χ1v) is 7.47. The molecule has 1 amide bonds. The van der Waals surface area contributed by atoms with E-state index in [9.17, 15) is 14.4 Å². The zero-order valence-corrected chi connectivity index (χ0v) is 14.3. The molecule has 1 unspecified atom stereocenters. The minimum Gasteiger partial charge on any atom is -0.464 e. The predicted octanol–water partition coefficient (Wildman–Crippen LogP) is 2.98. The van der Waals surface area contributed by atoms with Crippen LogP contribution in [0.2, 0.25) is 5.02 Å². The number of halogens is 1. The number of ether oxygens (including phenoxy) is 2. The maximum absolute atomic E-state index is 12.5. The molecule has 0 bridgehead atoms. The van der Waals surface area contributed by atoms with Crippen LogP contribution in [0.5, 0.6) is 0 Å². The molecule has 1 atom stereocenters. The summed E-state index contributed by atoms with van der Waals surface area (Å²) >= 11 is 5.85. The number of hydrogen-bond acceptors (Lipinski definition) is 5. The van der Waals surface area contributed by atoms with Crippen molar-refractivity contribution in [3.8, 4) is 0 Å². The molecule has 1 rings (SSSR count). The molecule has 0 aliphatic rings. The fraction of sp³-hybridized carbons (Fsp3) is 0.438. The second kappa shape index (κ2) is 7.97. The van der Waals surface area contributed by atoms with Crippen LogP contribution in [0, 0.1) is 0 Å². The highest BCUT2D eigenvalue weighted by Crippen LogP contribution is 2.14. The molecule has 1 aromatic rings.